The first-order chi connectivity index (χ1) is 8.24. The number of nitrogens with one attached hydrogen (secondary N) is 2. The monoisotopic (exact) mass is 236 g/mol. The van der Waals surface area contributed by atoms with Gasteiger partial charge in [0, 0.05) is 31.6 Å². The molecule has 0 amide bonds. The van der Waals surface area contributed by atoms with Crippen molar-refractivity contribution in [2.24, 2.45) is 0 Å². The molecule has 0 aromatic carbocycles. The second kappa shape index (κ2) is 5.31. The molecule has 1 fully saturated rings. The predicted molar refractivity (Wildman–Crippen MR) is 68.5 cm³/mol. The van der Waals surface area contributed by atoms with Crippen molar-refractivity contribution >= 4 is 5.82 Å². The summed E-state index contributed by atoms with van der Waals surface area (Å²) in [6.07, 6.45) is 1.87. The highest BCUT2D eigenvalue weighted by atomic mass is 16.1. The summed E-state index contributed by atoms with van der Waals surface area (Å²) in [6, 6.07) is 2.06. The average molecular weight is 236 g/mol. The van der Waals surface area contributed by atoms with Gasteiger partial charge in [0.15, 0.2) is 0 Å². The zero-order chi connectivity index (χ0) is 12.3. The normalized spacial score (nSPS) is 19.5. The molecule has 1 aliphatic heterocycles. The van der Waals surface area contributed by atoms with Crippen LogP contribution < -0.4 is 15.8 Å². The Hall–Kier alpha value is -1.36. The van der Waals surface area contributed by atoms with Crippen molar-refractivity contribution in [3.05, 3.63) is 22.2 Å². The van der Waals surface area contributed by atoms with E-state index in [2.05, 4.69) is 27.1 Å². The lowest BCUT2D eigenvalue weighted by Crippen LogP contribution is -2.38. The minimum Gasteiger partial charge on any atom is -0.352 e. The van der Waals surface area contributed by atoms with Crippen LogP contribution in [0.5, 0.6) is 0 Å². The van der Waals surface area contributed by atoms with Gasteiger partial charge in [-0.15, -0.1) is 0 Å². The third-order valence-electron chi connectivity index (χ3n) is 3.22. The largest absolute Gasteiger partial charge is 0.352 e. The molecule has 0 radical (unpaired) electrons. The van der Waals surface area contributed by atoms with Crippen LogP contribution >= 0.6 is 0 Å². The average Bonchev–Trinajstić information content (AvgIpc) is 2.83. The number of hydrogen-bond acceptors (Lipinski definition) is 4. The molecular weight excluding hydrogens is 216 g/mol. The van der Waals surface area contributed by atoms with E-state index in [1.54, 1.807) is 6.07 Å². The maximum Gasteiger partial charge on any atom is 0.252 e. The van der Waals surface area contributed by atoms with Crippen LogP contribution in [-0.4, -0.2) is 35.6 Å². The van der Waals surface area contributed by atoms with Gasteiger partial charge in [0.2, 0.25) is 0 Å². The SMILES string of the molecule is CCc1nc(N(CC)C2CCNC2)cc(=O)[nH]1. The van der Waals surface area contributed by atoms with E-state index in [9.17, 15) is 4.79 Å². The number of aromatic amines is 1. The fourth-order valence-corrected chi connectivity index (χ4v) is 2.32. The maximum atomic E-state index is 11.6. The van der Waals surface area contributed by atoms with Crippen molar-refractivity contribution in [3.63, 3.8) is 0 Å². The van der Waals surface area contributed by atoms with E-state index in [4.69, 9.17) is 0 Å². The zero-order valence-electron chi connectivity index (χ0n) is 10.5. The molecule has 0 bridgehead atoms. The number of hydrogen-bond donors (Lipinski definition) is 2. The summed E-state index contributed by atoms with van der Waals surface area (Å²) < 4.78 is 0. The molecular formula is C12H20N4O. The number of nitrogens with zero attached hydrogens (tertiary/aromatic N) is 2. The molecule has 2 rings (SSSR count). The predicted octanol–water partition coefficient (Wildman–Crippen LogP) is 0.520. The zero-order valence-corrected chi connectivity index (χ0v) is 10.5. The van der Waals surface area contributed by atoms with E-state index in [0.29, 0.717) is 6.04 Å². The van der Waals surface area contributed by atoms with E-state index in [1.807, 2.05) is 6.92 Å². The lowest BCUT2D eigenvalue weighted by Gasteiger charge is -2.28. The van der Waals surface area contributed by atoms with Gasteiger partial charge in [0.1, 0.15) is 11.6 Å². The molecule has 1 unspecified atom stereocenters. The first-order valence-electron chi connectivity index (χ1n) is 6.32. The van der Waals surface area contributed by atoms with E-state index in [0.717, 1.165) is 44.1 Å². The first kappa shape index (κ1) is 12.1. The summed E-state index contributed by atoms with van der Waals surface area (Å²) in [7, 11) is 0. The van der Waals surface area contributed by atoms with Gasteiger partial charge in [-0.3, -0.25) is 4.79 Å². The van der Waals surface area contributed by atoms with E-state index >= 15 is 0 Å². The van der Waals surface area contributed by atoms with Crippen molar-refractivity contribution in [3.8, 4) is 0 Å². The van der Waals surface area contributed by atoms with Crippen molar-refractivity contribution in [2.75, 3.05) is 24.5 Å². The van der Waals surface area contributed by atoms with Crippen LogP contribution in [0.2, 0.25) is 0 Å². The standard InChI is InChI=1S/C12H20N4O/c1-3-10-14-11(7-12(17)15-10)16(4-2)9-5-6-13-8-9/h7,9,13H,3-6,8H2,1-2H3,(H,14,15,17). The maximum absolute atomic E-state index is 11.6. The van der Waals surface area contributed by atoms with Crippen LogP contribution in [0.3, 0.4) is 0 Å². The van der Waals surface area contributed by atoms with Crippen molar-refractivity contribution in [1.82, 2.24) is 15.3 Å². The summed E-state index contributed by atoms with van der Waals surface area (Å²) in [6.45, 7) is 7.00. The number of likely N-dealkylation sites (N-methyl/N-ethyl adjacent to an activating group) is 1. The third-order valence-corrected chi connectivity index (χ3v) is 3.22. The van der Waals surface area contributed by atoms with E-state index < -0.39 is 0 Å². The highest BCUT2D eigenvalue weighted by Gasteiger charge is 2.22. The Kier molecular flexibility index (Phi) is 3.78. The van der Waals surface area contributed by atoms with Gasteiger partial charge in [0.25, 0.3) is 5.56 Å². The van der Waals surface area contributed by atoms with Crippen LogP contribution in [0, 0.1) is 0 Å². The molecule has 1 aliphatic rings. The number of rotatable bonds is 4. The topological polar surface area (TPSA) is 61.0 Å². The van der Waals surface area contributed by atoms with Gasteiger partial charge >= 0.3 is 0 Å². The Bertz CT molecular complexity index is 423. The van der Waals surface area contributed by atoms with Gasteiger partial charge < -0.3 is 15.2 Å². The Labute approximate surface area is 101 Å². The Morgan fingerprint density at radius 3 is 2.94 bits per heavy atom. The van der Waals surface area contributed by atoms with E-state index in [-0.39, 0.29) is 5.56 Å². The van der Waals surface area contributed by atoms with Gasteiger partial charge in [-0.05, 0) is 19.9 Å². The molecule has 0 saturated carbocycles. The first-order valence-corrected chi connectivity index (χ1v) is 6.32. The summed E-state index contributed by atoms with van der Waals surface area (Å²) in [5, 5.41) is 3.34. The number of aryl methyl sites for hydroxylation is 1. The molecule has 1 aromatic rings. The molecule has 2 N–H and O–H groups in total. The van der Waals surface area contributed by atoms with Crippen molar-refractivity contribution < 1.29 is 0 Å². The van der Waals surface area contributed by atoms with Gasteiger partial charge in [0.05, 0.1) is 0 Å². The smallest absolute Gasteiger partial charge is 0.252 e. The van der Waals surface area contributed by atoms with Gasteiger partial charge in [-0.1, -0.05) is 6.92 Å². The minimum atomic E-state index is -0.0590. The number of anilines is 1. The molecule has 0 spiro atoms. The highest BCUT2D eigenvalue weighted by molar-refractivity contribution is 5.39. The van der Waals surface area contributed by atoms with Crippen LogP contribution in [0.25, 0.3) is 0 Å². The number of H-pyrrole nitrogens is 1. The quantitative estimate of drug-likeness (QED) is 0.800. The Morgan fingerprint density at radius 1 is 1.53 bits per heavy atom. The summed E-state index contributed by atoms with van der Waals surface area (Å²) in [4.78, 5) is 21.1. The molecule has 2 heterocycles. The second-order valence-corrected chi connectivity index (χ2v) is 4.34. The van der Waals surface area contributed by atoms with Crippen LogP contribution in [0.4, 0.5) is 5.82 Å². The Morgan fingerprint density at radius 2 is 2.35 bits per heavy atom. The second-order valence-electron chi connectivity index (χ2n) is 4.34. The van der Waals surface area contributed by atoms with Gasteiger partial charge in [-0.25, -0.2) is 4.98 Å². The molecule has 1 aromatic heterocycles. The minimum absolute atomic E-state index is 0.0590. The van der Waals surface area contributed by atoms with Crippen LogP contribution in [0.15, 0.2) is 10.9 Å². The molecule has 5 nitrogen and oxygen atoms in total. The fraction of sp³-hybridized carbons (Fsp3) is 0.667. The molecule has 94 valence electrons. The third kappa shape index (κ3) is 2.66. The fourth-order valence-electron chi connectivity index (χ4n) is 2.32. The van der Waals surface area contributed by atoms with Crippen LogP contribution in [-0.2, 0) is 6.42 Å². The summed E-state index contributed by atoms with van der Waals surface area (Å²) >= 11 is 0. The van der Waals surface area contributed by atoms with Crippen LogP contribution in [0.1, 0.15) is 26.1 Å². The number of aromatic nitrogens is 2. The molecule has 17 heavy (non-hydrogen) atoms. The Balaban J connectivity index is 2.29. The lowest BCUT2D eigenvalue weighted by atomic mass is 10.2. The summed E-state index contributed by atoms with van der Waals surface area (Å²) in [5.41, 5.74) is -0.0590. The van der Waals surface area contributed by atoms with Crippen molar-refractivity contribution in [1.29, 1.82) is 0 Å². The molecule has 1 saturated heterocycles. The summed E-state index contributed by atoms with van der Waals surface area (Å²) in [5.74, 6) is 1.57. The molecule has 5 heteroatoms. The van der Waals surface area contributed by atoms with Crippen molar-refractivity contribution in [2.45, 2.75) is 32.7 Å². The highest BCUT2D eigenvalue weighted by Crippen LogP contribution is 2.16. The molecule has 1 atom stereocenters. The lowest BCUT2D eigenvalue weighted by molar-refractivity contribution is 0.636. The van der Waals surface area contributed by atoms with Gasteiger partial charge in [-0.2, -0.15) is 0 Å². The molecule has 0 aliphatic carbocycles. The van der Waals surface area contributed by atoms with E-state index in [1.165, 1.54) is 0 Å².